The van der Waals surface area contributed by atoms with Crippen LogP contribution in [-0.2, 0) is 21.4 Å². The molecule has 27 heavy (non-hydrogen) atoms. The van der Waals surface area contributed by atoms with E-state index in [0.717, 1.165) is 12.1 Å². The summed E-state index contributed by atoms with van der Waals surface area (Å²) >= 11 is 0. The van der Waals surface area contributed by atoms with Gasteiger partial charge < -0.3 is 14.9 Å². The normalized spacial score (nSPS) is 15.6. The number of halogens is 1. The minimum atomic E-state index is -3.91. The van der Waals surface area contributed by atoms with E-state index < -0.39 is 28.4 Å². The van der Waals surface area contributed by atoms with Crippen LogP contribution in [0.2, 0.25) is 0 Å². The summed E-state index contributed by atoms with van der Waals surface area (Å²) in [5.74, 6) is -1.88. The number of aliphatic hydroxyl groups excluding tert-OH is 1. The van der Waals surface area contributed by atoms with Gasteiger partial charge in [0.1, 0.15) is 5.82 Å². The number of sulfonamides is 1. The van der Waals surface area contributed by atoms with E-state index >= 15 is 0 Å². The van der Waals surface area contributed by atoms with Crippen molar-refractivity contribution in [1.82, 2.24) is 4.31 Å². The number of hydrogen-bond donors (Lipinski definition) is 2. The van der Waals surface area contributed by atoms with Gasteiger partial charge in [0.05, 0.1) is 30.3 Å². The molecule has 1 fully saturated rings. The Kier molecular flexibility index (Phi) is 5.56. The van der Waals surface area contributed by atoms with Gasteiger partial charge in [0, 0.05) is 18.7 Å². The molecule has 0 aromatic heterocycles. The van der Waals surface area contributed by atoms with Crippen molar-refractivity contribution in [2.24, 2.45) is 0 Å². The van der Waals surface area contributed by atoms with Gasteiger partial charge in [0.15, 0.2) is 0 Å². The number of aliphatic hydroxyl groups is 1. The van der Waals surface area contributed by atoms with Crippen LogP contribution >= 0.6 is 0 Å². The maximum absolute atomic E-state index is 13.6. The van der Waals surface area contributed by atoms with E-state index in [0.29, 0.717) is 11.1 Å². The lowest BCUT2D eigenvalue weighted by Crippen LogP contribution is -2.40. The zero-order valence-electron chi connectivity index (χ0n) is 14.3. The van der Waals surface area contributed by atoms with Crippen molar-refractivity contribution in [2.45, 2.75) is 11.5 Å². The molecule has 1 aliphatic heterocycles. The molecule has 0 radical (unpaired) electrons. The van der Waals surface area contributed by atoms with Gasteiger partial charge in [0.25, 0.3) is 0 Å². The molecule has 2 aromatic rings. The number of rotatable bonds is 5. The first-order valence-corrected chi connectivity index (χ1v) is 9.63. The molecule has 144 valence electrons. The first kappa shape index (κ1) is 19.4. The van der Waals surface area contributed by atoms with Gasteiger partial charge in [-0.05, 0) is 41.5 Å². The molecular weight excluding hydrogens is 377 g/mol. The Bertz CT molecular complexity index is 970. The molecule has 0 amide bonds. The van der Waals surface area contributed by atoms with Crippen molar-refractivity contribution >= 4 is 16.0 Å². The molecule has 0 saturated carbocycles. The summed E-state index contributed by atoms with van der Waals surface area (Å²) in [6.07, 6.45) is 0. The highest BCUT2D eigenvalue weighted by molar-refractivity contribution is 7.89. The highest BCUT2D eigenvalue weighted by Gasteiger charge is 2.27. The highest BCUT2D eigenvalue weighted by atomic mass is 32.2. The van der Waals surface area contributed by atoms with Crippen molar-refractivity contribution in [3.8, 4) is 11.1 Å². The Morgan fingerprint density at radius 1 is 1.11 bits per heavy atom. The van der Waals surface area contributed by atoms with Crippen molar-refractivity contribution in [1.29, 1.82) is 0 Å². The van der Waals surface area contributed by atoms with Crippen LogP contribution in [0.1, 0.15) is 15.9 Å². The van der Waals surface area contributed by atoms with E-state index in [1.807, 2.05) is 0 Å². The fourth-order valence-corrected chi connectivity index (χ4v) is 4.33. The third-order valence-electron chi connectivity index (χ3n) is 4.31. The van der Waals surface area contributed by atoms with Crippen LogP contribution in [0.3, 0.4) is 0 Å². The second-order valence-electron chi connectivity index (χ2n) is 6.03. The molecule has 1 heterocycles. The Morgan fingerprint density at radius 3 is 2.44 bits per heavy atom. The fraction of sp³-hybridized carbons (Fsp3) is 0.278. The molecule has 1 saturated heterocycles. The largest absolute Gasteiger partial charge is 0.478 e. The standard InChI is InChI=1S/C18H18FNO6S/c19-17-2-1-12(7-15(17)11-21)13-8-14(18(22)23)10-16(9-13)27(24,25)20-3-5-26-6-4-20/h1-2,7-10,21H,3-6,11H2,(H,22,23). The van der Waals surface area contributed by atoms with Crippen molar-refractivity contribution in [2.75, 3.05) is 26.3 Å². The monoisotopic (exact) mass is 395 g/mol. The first-order chi connectivity index (χ1) is 12.8. The molecule has 0 aliphatic carbocycles. The number of nitrogens with zero attached hydrogens (tertiary/aromatic N) is 1. The average Bonchev–Trinajstić information content (AvgIpc) is 2.68. The average molecular weight is 395 g/mol. The molecule has 3 rings (SSSR count). The van der Waals surface area contributed by atoms with Crippen LogP contribution in [0.15, 0.2) is 41.3 Å². The minimum Gasteiger partial charge on any atom is -0.478 e. The van der Waals surface area contributed by atoms with Gasteiger partial charge in [-0.3, -0.25) is 0 Å². The Morgan fingerprint density at radius 2 is 1.81 bits per heavy atom. The maximum Gasteiger partial charge on any atom is 0.335 e. The quantitative estimate of drug-likeness (QED) is 0.799. The van der Waals surface area contributed by atoms with Crippen molar-refractivity contribution < 1.29 is 32.6 Å². The number of ether oxygens (including phenoxy) is 1. The summed E-state index contributed by atoms with van der Waals surface area (Å²) in [5, 5.41) is 18.6. The van der Waals surface area contributed by atoms with Crippen LogP contribution < -0.4 is 0 Å². The lowest BCUT2D eigenvalue weighted by atomic mass is 10.0. The molecule has 2 aromatic carbocycles. The third kappa shape index (κ3) is 4.01. The van der Waals surface area contributed by atoms with Gasteiger partial charge >= 0.3 is 5.97 Å². The van der Waals surface area contributed by atoms with E-state index in [9.17, 15) is 27.8 Å². The summed E-state index contributed by atoms with van der Waals surface area (Å²) in [6, 6.07) is 7.68. The number of aromatic carboxylic acids is 1. The van der Waals surface area contributed by atoms with Gasteiger partial charge in [-0.2, -0.15) is 4.31 Å². The van der Waals surface area contributed by atoms with E-state index in [-0.39, 0.29) is 42.3 Å². The lowest BCUT2D eigenvalue weighted by Gasteiger charge is -2.26. The molecule has 0 bridgehead atoms. The van der Waals surface area contributed by atoms with E-state index in [1.54, 1.807) is 0 Å². The molecule has 0 spiro atoms. The fourth-order valence-electron chi connectivity index (χ4n) is 2.85. The summed E-state index contributed by atoms with van der Waals surface area (Å²) < 4.78 is 45.8. The second kappa shape index (κ2) is 7.73. The van der Waals surface area contributed by atoms with Crippen molar-refractivity contribution in [3.05, 3.63) is 53.3 Å². The van der Waals surface area contributed by atoms with Crippen LogP contribution in [0.5, 0.6) is 0 Å². The van der Waals surface area contributed by atoms with E-state index in [1.165, 1.54) is 28.6 Å². The van der Waals surface area contributed by atoms with E-state index in [4.69, 9.17) is 4.74 Å². The number of benzene rings is 2. The predicted molar refractivity (Wildman–Crippen MR) is 94.3 cm³/mol. The van der Waals surface area contributed by atoms with Crippen LogP contribution in [-0.4, -0.2) is 55.2 Å². The van der Waals surface area contributed by atoms with E-state index in [2.05, 4.69) is 0 Å². The zero-order valence-corrected chi connectivity index (χ0v) is 15.1. The van der Waals surface area contributed by atoms with Crippen LogP contribution in [0.4, 0.5) is 4.39 Å². The number of hydrogen-bond acceptors (Lipinski definition) is 5. The summed E-state index contributed by atoms with van der Waals surface area (Å²) in [5.41, 5.74) is 0.540. The Labute approximate surface area is 155 Å². The zero-order chi connectivity index (χ0) is 19.6. The lowest BCUT2D eigenvalue weighted by molar-refractivity contribution is 0.0696. The highest BCUT2D eigenvalue weighted by Crippen LogP contribution is 2.28. The number of carboxylic acids is 1. The smallest absolute Gasteiger partial charge is 0.335 e. The molecular formula is C18H18FNO6S. The third-order valence-corrected chi connectivity index (χ3v) is 6.19. The number of morpholine rings is 1. The molecule has 0 atom stereocenters. The topological polar surface area (TPSA) is 104 Å². The van der Waals surface area contributed by atoms with Crippen LogP contribution in [0, 0.1) is 5.82 Å². The first-order valence-electron chi connectivity index (χ1n) is 8.19. The van der Waals surface area contributed by atoms with Gasteiger partial charge in [-0.15, -0.1) is 0 Å². The maximum atomic E-state index is 13.6. The SMILES string of the molecule is O=C(O)c1cc(-c2ccc(F)c(CO)c2)cc(S(=O)(=O)N2CCOCC2)c1. The summed E-state index contributed by atoms with van der Waals surface area (Å²) in [7, 11) is -3.91. The summed E-state index contributed by atoms with van der Waals surface area (Å²) in [4.78, 5) is 11.3. The molecule has 9 heteroatoms. The molecule has 1 aliphatic rings. The second-order valence-corrected chi connectivity index (χ2v) is 7.97. The Balaban J connectivity index is 2.12. The number of carbonyl (C=O) groups is 1. The van der Waals surface area contributed by atoms with Crippen molar-refractivity contribution in [3.63, 3.8) is 0 Å². The number of carboxylic acid groups (broad SMARTS) is 1. The summed E-state index contributed by atoms with van der Waals surface area (Å²) in [6.45, 7) is 0.364. The molecule has 2 N–H and O–H groups in total. The molecule has 7 nitrogen and oxygen atoms in total. The predicted octanol–water partition coefficient (Wildman–Crippen LogP) is 1.70. The van der Waals surface area contributed by atoms with Crippen LogP contribution in [0.25, 0.3) is 11.1 Å². The van der Waals surface area contributed by atoms with Gasteiger partial charge in [-0.1, -0.05) is 6.07 Å². The molecule has 0 unspecified atom stereocenters. The van der Waals surface area contributed by atoms with Gasteiger partial charge in [-0.25, -0.2) is 17.6 Å². The minimum absolute atomic E-state index is 0.0332. The van der Waals surface area contributed by atoms with Gasteiger partial charge in [0.2, 0.25) is 10.0 Å². The Hall–Kier alpha value is -2.33.